The van der Waals surface area contributed by atoms with Crippen molar-refractivity contribution in [2.45, 2.75) is 0 Å². The topological polar surface area (TPSA) is 57.2 Å². The van der Waals surface area contributed by atoms with Gasteiger partial charge >= 0.3 is 0 Å². The van der Waals surface area contributed by atoms with Gasteiger partial charge in [-0.3, -0.25) is 0 Å². The van der Waals surface area contributed by atoms with Gasteiger partial charge in [-0.2, -0.15) is 5.26 Å². The lowest BCUT2D eigenvalue weighted by atomic mass is 10.1. The molecule has 1 N–H and O–H groups in total. The van der Waals surface area contributed by atoms with Gasteiger partial charge in [-0.15, -0.1) is 0 Å². The van der Waals surface area contributed by atoms with Crippen molar-refractivity contribution in [1.29, 1.82) is 5.26 Å². The number of halogens is 1. The molecule has 1 aromatic heterocycles. The zero-order valence-electron chi connectivity index (χ0n) is 15.7. The van der Waals surface area contributed by atoms with Crippen LogP contribution < -0.4 is 9.80 Å². The van der Waals surface area contributed by atoms with E-state index in [4.69, 9.17) is 21.6 Å². The van der Waals surface area contributed by atoms with Gasteiger partial charge in [0.15, 0.2) is 11.6 Å². The predicted octanol–water partition coefficient (Wildman–Crippen LogP) is 2.67. The second kappa shape index (κ2) is 7.97. The molecule has 140 valence electrons. The van der Waals surface area contributed by atoms with Gasteiger partial charge in [0.05, 0.1) is 38.9 Å². The third-order valence-corrected chi connectivity index (χ3v) is 5.32. The van der Waals surface area contributed by atoms with Gasteiger partial charge in [0.1, 0.15) is 11.6 Å². The Hall–Kier alpha value is -2.94. The van der Waals surface area contributed by atoms with Gasteiger partial charge in [-0.25, -0.2) is 9.97 Å². The van der Waals surface area contributed by atoms with E-state index in [1.165, 1.54) is 4.90 Å². The Balaban J connectivity index is 1.90. The summed E-state index contributed by atoms with van der Waals surface area (Å²) in [6.45, 7) is 3.77. The Labute approximate surface area is 169 Å². The fourth-order valence-electron chi connectivity index (χ4n) is 3.41. The fraction of sp³-hybridized carbons (Fsp3) is 0.227. The van der Waals surface area contributed by atoms with Crippen LogP contribution in [0.5, 0.6) is 0 Å². The van der Waals surface area contributed by atoms with Crippen LogP contribution >= 0.6 is 11.6 Å². The fourth-order valence-corrected chi connectivity index (χ4v) is 3.54. The van der Waals surface area contributed by atoms with E-state index in [1.807, 2.05) is 54.6 Å². The summed E-state index contributed by atoms with van der Waals surface area (Å²) in [5, 5.41) is 10.6. The summed E-state index contributed by atoms with van der Waals surface area (Å²) in [4.78, 5) is 13.3. The summed E-state index contributed by atoms with van der Waals surface area (Å²) >= 11 is 6.06. The number of likely N-dealkylation sites (N-methyl/N-ethyl adjacent to an activating group) is 1. The van der Waals surface area contributed by atoms with Crippen LogP contribution in [0.25, 0.3) is 22.6 Å². The molecule has 0 aliphatic carbocycles. The van der Waals surface area contributed by atoms with Gasteiger partial charge in [0, 0.05) is 16.1 Å². The number of nitrogens with one attached hydrogen (secondary N) is 1. The lowest BCUT2D eigenvalue weighted by Gasteiger charge is -2.31. The molecule has 28 heavy (non-hydrogen) atoms. The number of aromatic nitrogens is 2. The van der Waals surface area contributed by atoms with E-state index in [1.54, 1.807) is 0 Å². The van der Waals surface area contributed by atoms with Crippen LogP contribution in [0.15, 0.2) is 54.6 Å². The molecule has 5 nitrogen and oxygen atoms in total. The van der Waals surface area contributed by atoms with Crippen LogP contribution in [0.1, 0.15) is 5.56 Å². The Morgan fingerprint density at radius 2 is 1.64 bits per heavy atom. The highest BCUT2D eigenvalue weighted by molar-refractivity contribution is 6.30. The molecule has 0 amide bonds. The summed E-state index contributed by atoms with van der Waals surface area (Å²) in [6.07, 6.45) is 0. The van der Waals surface area contributed by atoms with Gasteiger partial charge in [-0.05, 0) is 12.1 Å². The predicted molar refractivity (Wildman–Crippen MR) is 111 cm³/mol. The molecule has 6 heteroatoms. The molecule has 1 aliphatic rings. The first kappa shape index (κ1) is 18.4. The number of piperazine rings is 1. The Morgan fingerprint density at radius 3 is 2.29 bits per heavy atom. The quantitative estimate of drug-likeness (QED) is 0.747. The monoisotopic (exact) mass is 390 g/mol. The van der Waals surface area contributed by atoms with E-state index in [0.29, 0.717) is 27.9 Å². The van der Waals surface area contributed by atoms with Crippen LogP contribution in [0.4, 0.5) is 5.82 Å². The normalized spacial score (nSPS) is 14.7. The zero-order valence-corrected chi connectivity index (χ0v) is 16.4. The van der Waals surface area contributed by atoms with Gasteiger partial charge in [0.2, 0.25) is 0 Å². The average molecular weight is 391 g/mol. The first-order valence-electron chi connectivity index (χ1n) is 9.35. The van der Waals surface area contributed by atoms with Gasteiger partial charge < -0.3 is 9.80 Å². The Bertz CT molecular complexity index is 1000. The standard InChI is InChI=1S/C22H20ClN5/c1-27-11-13-28(14-12-27)22-19(15-24)20(16-7-9-18(23)10-8-16)25-21(26-22)17-5-3-2-4-6-17/h2-10H,11-14H2,1H3/p+1. The summed E-state index contributed by atoms with van der Waals surface area (Å²) < 4.78 is 0. The second-order valence-electron chi connectivity index (χ2n) is 7.02. The van der Waals surface area contributed by atoms with Crippen molar-refractivity contribution in [3.8, 4) is 28.7 Å². The molecular weight excluding hydrogens is 370 g/mol. The van der Waals surface area contributed by atoms with E-state index in [0.717, 1.165) is 37.3 Å². The number of rotatable bonds is 3. The van der Waals surface area contributed by atoms with Crippen LogP contribution in [0.2, 0.25) is 5.02 Å². The maximum atomic E-state index is 9.97. The second-order valence-corrected chi connectivity index (χ2v) is 7.46. The number of hydrogen-bond donors (Lipinski definition) is 1. The molecule has 4 rings (SSSR count). The highest BCUT2D eigenvalue weighted by Crippen LogP contribution is 2.31. The van der Waals surface area contributed by atoms with Gasteiger partial charge in [0.25, 0.3) is 0 Å². The summed E-state index contributed by atoms with van der Waals surface area (Å²) in [5.41, 5.74) is 2.96. The third kappa shape index (κ3) is 3.70. The molecule has 2 heterocycles. The molecule has 0 radical (unpaired) electrons. The number of nitrogens with zero attached hydrogens (tertiary/aromatic N) is 4. The Morgan fingerprint density at radius 1 is 0.964 bits per heavy atom. The van der Waals surface area contributed by atoms with Gasteiger partial charge in [-0.1, -0.05) is 54.1 Å². The van der Waals surface area contributed by atoms with Crippen molar-refractivity contribution < 1.29 is 4.90 Å². The molecule has 3 aromatic rings. The van der Waals surface area contributed by atoms with Crippen molar-refractivity contribution in [3.05, 3.63) is 65.2 Å². The number of benzene rings is 2. The van der Waals surface area contributed by atoms with Crippen molar-refractivity contribution in [2.75, 3.05) is 38.1 Å². The first-order valence-corrected chi connectivity index (χ1v) is 9.73. The molecule has 1 saturated heterocycles. The Kier molecular flexibility index (Phi) is 5.25. The molecule has 0 unspecified atom stereocenters. The van der Waals surface area contributed by atoms with Crippen molar-refractivity contribution in [2.24, 2.45) is 0 Å². The molecular formula is C22H21ClN5+. The minimum Gasteiger partial charge on any atom is -0.344 e. The minimum atomic E-state index is 0.515. The molecule has 1 aliphatic heterocycles. The molecule has 0 spiro atoms. The highest BCUT2D eigenvalue weighted by atomic mass is 35.5. The number of quaternary nitrogens is 1. The number of anilines is 1. The van der Waals surface area contributed by atoms with E-state index < -0.39 is 0 Å². The van der Waals surface area contributed by atoms with Crippen molar-refractivity contribution in [1.82, 2.24) is 9.97 Å². The molecule has 0 atom stereocenters. The molecule has 2 aromatic carbocycles. The third-order valence-electron chi connectivity index (χ3n) is 5.07. The maximum absolute atomic E-state index is 9.97. The highest BCUT2D eigenvalue weighted by Gasteiger charge is 2.25. The largest absolute Gasteiger partial charge is 0.344 e. The lowest BCUT2D eigenvalue weighted by Crippen LogP contribution is -3.12. The summed E-state index contributed by atoms with van der Waals surface area (Å²) in [5.74, 6) is 1.35. The molecule has 0 bridgehead atoms. The summed E-state index contributed by atoms with van der Waals surface area (Å²) in [7, 11) is 2.19. The smallest absolute Gasteiger partial charge is 0.162 e. The summed E-state index contributed by atoms with van der Waals surface area (Å²) in [6, 6.07) is 19.7. The first-order chi connectivity index (χ1) is 13.7. The van der Waals surface area contributed by atoms with Crippen LogP contribution in [0.3, 0.4) is 0 Å². The van der Waals surface area contributed by atoms with Crippen molar-refractivity contribution >= 4 is 17.4 Å². The average Bonchev–Trinajstić information content (AvgIpc) is 2.74. The molecule has 1 fully saturated rings. The maximum Gasteiger partial charge on any atom is 0.162 e. The van der Waals surface area contributed by atoms with Crippen LogP contribution in [-0.4, -0.2) is 43.2 Å². The van der Waals surface area contributed by atoms with E-state index in [9.17, 15) is 5.26 Å². The lowest BCUT2D eigenvalue weighted by molar-refractivity contribution is -0.880. The van der Waals surface area contributed by atoms with Crippen LogP contribution in [-0.2, 0) is 0 Å². The SMILES string of the molecule is C[NH+]1CCN(c2nc(-c3ccccc3)nc(-c3ccc(Cl)cc3)c2C#N)CC1. The number of hydrogen-bond acceptors (Lipinski definition) is 4. The van der Waals surface area contributed by atoms with Crippen molar-refractivity contribution in [3.63, 3.8) is 0 Å². The van der Waals surface area contributed by atoms with E-state index in [-0.39, 0.29) is 0 Å². The zero-order chi connectivity index (χ0) is 19.5. The van der Waals surface area contributed by atoms with Crippen LogP contribution in [0, 0.1) is 11.3 Å². The van der Waals surface area contributed by atoms with E-state index in [2.05, 4.69) is 18.0 Å². The molecule has 0 saturated carbocycles. The minimum absolute atomic E-state index is 0.515. The number of nitriles is 1. The van der Waals surface area contributed by atoms with E-state index >= 15 is 0 Å².